The lowest BCUT2D eigenvalue weighted by atomic mass is 9.88. The van der Waals surface area contributed by atoms with Crippen LogP contribution < -0.4 is 11.3 Å². The second-order valence-corrected chi connectivity index (χ2v) is 5.79. The van der Waals surface area contributed by atoms with Crippen molar-refractivity contribution in [3.05, 3.63) is 42.1 Å². The molecule has 0 radical (unpaired) electrons. The molecule has 3 nitrogen and oxygen atoms in total. The van der Waals surface area contributed by atoms with Crippen molar-refractivity contribution in [3.63, 3.8) is 0 Å². The fourth-order valence-corrected chi connectivity index (χ4v) is 3.03. The highest BCUT2D eigenvalue weighted by molar-refractivity contribution is 5.82. The zero-order valence-electron chi connectivity index (χ0n) is 13.2. The Hall–Kier alpha value is -1.45. The van der Waals surface area contributed by atoms with Gasteiger partial charge in [-0.1, -0.05) is 57.7 Å². The van der Waals surface area contributed by atoms with Gasteiger partial charge in [-0.05, 0) is 30.0 Å². The molecular weight excluding hydrogens is 258 g/mol. The zero-order valence-corrected chi connectivity index (χ0v) is 13.2. The largest absolute Gasteiger partial charge is 0.271 e. The fraction of sp³-hybridized carbons (Fsp3) is 0.500. The Labute approximate surface area is 127 Å². The van der Waals surface area contributed by atoms with Crippen LogP contribution in [0, 0.1) is 5.92 Å². The maximum atomic E-state index is 5.86. The minimum Gasteiger partial charge on any atom is -0.271 e. The number of hydrazine groups is 1. The summed E-state index contributed by atoms with van der Waals surface area (Å²) in [5.74, 6) is 6.58. The first kappa shape index (κ1) is 15.9. The summed E-state index contributed by atoms with van der Waals surface area (Å²) in [5, 5.41) is 1.20. The summed E-state index contributed by atoms with van der Waals surface area (Å²) in [5.41, 5.74) is 5.32. The third kappa shape index (κ3) is 4.02. The van der Waals surface area contributed by atoms with E-state index in [1.54, 1.807) is 0 Å². The molecule has 0 saturated heterocycles. The van der Waals surface area contributed by atoms with Gasteiger partial charge in [-0.15, -0.1) is 0 Å². The van der Waals surface area contributed by atoms with Crippen LogP contribution in [-0.2, 0) is 0 Å². The van der Waals surface area contributed by atoms with Crippen LogP contribution in [0.25, 0.3) is 10.9 Å². The maximum Gasteiger partial charge on any atom is 0.0705 e. The molecule has 1 aromatic heterocycles. The molecule has 0 saturated carbocycles. The van der Waals surface area contributed by atoms with Gasteiger partial charge >= 0.3 is 0 Å². The fourth-order valence-electron chi connectivity index (χ4n) is 3.03. The molecule has 1 heterocycles. The predicted octanol–water partition coefficient (Wildman–Crippen LogP) is 4.35. The molecule has 2 atom stereocenters. The van der Waals surface area contributed by atoms with Gasteiger partial charge in [0.1, 0.15) is 0 Å². The number of unbranched alkanes of at least 4 members (excludes halogenated alkanes) is 1. The van der Waals surface area contributed by atoms with Crippen LogP contribution in [0.2, 0.25) is 0 Å². The van der Waals surface area contributed by atoms with E-state index < -0.39 is 0 Å². The number of nitrogens with two attached hydrogens (primary N) is 1. The molecule has 2 unspecified atom stereocenters. The maximum absolute atomic E-state index is 5.86. The van der Waals surface area contributed by atoms with Crippen molar-refractivity contribution in [2.24, 2.45) is 11.8 Å². The number of hydrogen-bond donors (Lipinski definition) is 2. The van der Waals surface area contributed by atoms with Gasteiger partial charge in [0.2, 0.25) is 0 Å². The molecule has 114 valence electrons. The summed E-state index contributed by atoms with van der Waals surface area (Å²) in [6, 6.07) is 10.6. The van der Waals surface area contributed by atoms with Crippen molar-refractivity contribution in [1.29, 1.82) is 0 Å². The van der Waals surface area contributed by atoms with Crippen molar-refractivity contribution in [2.75, 3.05) is 0 Å². The van der Waals surface area contributed by atoms with E-state index in [0.717, 1.165) is 17.9 Å². The summed E-state index contributed by atoms with van der Waals surface area (Å²) in [6.07, 6.45) is 7.98. The van der Waals surface area contributed by atoms with Crippen LogP contribution in [-0.4, -0.2) is 4.98 Å². The summed E-state index contributed by atoms with van der Waals surface area (Å²) < 4.78 is 0. The van der Waals surface area contributed by atoms with Gasteiger partial charge in [0.15, 0.2) is 0 Å². The molecule has 21 heavy (non-hydrogen) atoms. The molecule has 0 spiro atoms. The Balaban J connectivity index is 2.22. The molecule has 3 heteroatoms. The van der Waals surface area contributed by atoms with Crippen LogP contribution in [0.15, 0.2) is 36.5 Å². The highest BCUT2D eigenvalue weighted by Crippen LogP contribution is 2.30. The normalized spacial score (nSPS) is 14.2. The van der Waals surface area contributed by atoms with Crippen LogP contribution >= 0.6 is 0 Å². The second kappa shape index (κ2) is 8.11. The molecule has 0 bridgehead atoms. The number of pyridine rings is 1. The van der Waals surface area contributed by atoms with E-state index in [4.69, 9.17) is 5.84 Å². The number of benzene rings is 1. The number of rotatable bonds is 8. The van der Waals surface area contributed by atoms with Gasteiger partial charge in [-0.2, -0.15) is 0 Å². The topological polar surface area (TPSA) is 50.9 Å². The van der Waals surface area contributed by atoms with E-state index in [-0.39, 0.29) is 6.04 Å². The number of hydrogen-bond acceptors (Lipinski definition) is 3. The predicted molar refractivity (Wildman–Crippen MR) is 89.7 cm³/mol. The zero-order chi connectivity index (χ0) is 15.1. The van der Waals surface area contributed by atoms with Crippen molar-refractivity contribution < 1.29 is 0 Å². The quantitative estimate of drug-likeness (QED) is 0.560. The second-order valence-electron chi connectivity index (χ2n) is 5.79. The SMILES string of the molecule is CCCCC(CC)CC(NN)c1cccc2ncccc12. The lowest BCUT2D eigenvalue weighted by Gasteiger charge is -2.23. The van der Waals surface area contributed by atoms with Crippen LogP contribution in [0.4, 0.5) is 0 Å². The summed E-state index contributed by atoms with van der Waals surface area (Å²) in [6.45, 7) is 4.53. The van der Waals surface area contributed by atoms with Crippen LogP contribution in [0.1, 0.15) is 57.6 Å². The Bertz CT molecular complexity index is 548. The average molecular weight is 285 g/mol. The lowest BCUT2D eigenvalue weighted by molar-refractivity contribution is 0.357. The molecular formula is C18H27N3. The first-order valence-corrected chi connectivity index (χ1v) is 8.09. The van der Waals surface area contributed by atoms with E-state index in [9.17, 15) is 0 Å². The highest BCUT2D eigenvalue weighted by atomic mass is 15.2. The molecule has 0 aliphatic rings. The standard InChI is InChI=1S/C18H27N3/c1-3-5-8-14(4-2)13-18(21-19)16-9-6-11-17-15(16)10-7-12-20-17/h6-7,9-12,14,18,21H,3-5,8,13,19H2,1-2H3. The van der Waals surface area contributed by atoms with Crippen molar-refractivity contribution >= 4 is 10.9 Å². The minimum atomic E-state index is 0.194. The number of aromatic nitrogens is 1. The molecule has 0 aliphatic heterocycles. The highest BCUT2D eigenvalue weighted by Gasteiger charge is 2.17. The van der Waals surface area contributed by atoms with Gasteiger partial charge < -0.3 is 0 Å². The number of nitrogens with zero attached hydrogens (tertiary/aromatic N) is 1. The van der Waals surface area contributed by atoms with Crippen molar-refractivity contribution in [2.45, 2.75) is 52.0 Å². The molecule has 0 fully saturated rings. The van der Waals surface area contributed by atoms with Gasteiger partial charge in [-0.25, -0.2) is 0 Å². The third-order valence-electron chi connectivity index (χ3n) is 4.37. The third-order valence-corrected chi connectivity index (χ3v) is 4.37. The first-order chi connectivity index (χ1) is 10.3. The lowest BCUT2D eigenvalue weighted by Crippen LogP contribution is -2.30. The molecule has 2 aromatic rings. The van der Waals surface area contributed by atoms with Crippen molar-refractivity contribution in [1.82, 2.24) is 10.4 Å². The minimum absolute atomic E-state index is 0.194. The van der Waals surface area contributed by atoms with E-state index in [0.29, 0.717) is 0 Å². The Kier molecular flexibility index (Phi) is 6.15. The Morgan fingerprint density at radius 2 is 2.05 bits per heavy atom. The monoisotopic (exact) mass is 285 g/mol. The molecule has 3 N–H and O–H groups in total. The summed E-state index contributed by atoms with van der Waals surface area (Å²) >= 11 is 0. The van der Waals surface area contributed by atoms with E-state index in [1.807, 2.05) is 12.3 Å². The van der Waals surface area contributed by atoms with E-state index in [1.165, 1.54) is 36.6 Å². The van der Waals surface area contributed by atoms with Crippen molar-refractivity contribution in [3.8, 4) is 0 Å². The van der Waals surface area contributed by atoms with Gasteiger partial charge in [0.25, 0.3) is 0 Å². The molecule has 0 amide bonds. The van der Waals surface area contributed by atoms with Crippen LogP contribution in [0.5, 0.6) is 0 Å². The van der Waals surface area contributed by atoms with E-state index in [2.05, 4.69) is 48.5 Å². The number of fused-ring (bicyclic) bond motifs is 1. The first-order valence-electron chi connectivity index (χ1n) is 8.09. The smallest absolute Gasteiger partial charge is 0.0705 e. The molecule has 1 aromatic carbocycles. The van der Waals surface area contributed by atoms with Gasteiger partial charge in [-0.3, -0.25) is 16.3 Å². The van der Waals surface area contributed by atoms with Gasteiger partial charge in [0.05, 0.1) is 5.52 Å². The molecule has 2 rings (SSSR count). The van der Waals surface area contributed by atoms with Crippen LogP contribution in [0.3, 0.4) is 0 Å². The number of nitrogens with one attached hydrogen (secondary N) is 1. The Morgan fingerprint density at radius 1 is 1.19 bits per heavy atom. The summed E-state index contributed by atoms with van der Waals surface area (Å²) in [4.78, 5) is 4.44. The average Bonchev–Trinajstić information content (AvgIpc) is 2.55. The molecule has 0 aliphatic carbocycles. The summed E-state index contributed by atoms with van der Waals surface area (Å²) in [7, 11) is 0. The Morgan fingerprint density at radius 3 is 2.76 bits per heavy atom. The van der Waals surface area contributed by atoms with Gasteiger partial charge in [0, 0.05) is 17.6 Å². The van der Waals surface area contributed by atoms with E-state index >= 15 is 0 Å².